The summed E-state index contributed by atoms with van der Waals surface area (Å²) in [6, 6.07) is -1.04. The highest BCUT2D eigenvalue weighted by atomic mass is 16.6. The number of aliphatic carboxylic acids is 1. The van der Waals surface area contributed by atoms with Gasteiger partial charge in [0.1, 0.15) is 11.6 Å². The van der Waals surface area contributed by atoms with Crippen molar-refractivity contribution in [1.82, 2.24) is 9.80 Å². The van der Waals surface area contributed by atoms with Crippen molar-refractivity contribution >= 4 is 18.0 Å². The van der Waals surface area contributed by atoms with Crippen molar-refractivity contribution in [2.45, 2.75) is 45.3 Å². The Morgan fingerprint density at radius 2 is 1.75 bits per heavy atom. The van der Waals surface area contributed by atoms with Crippen LogP contribution in [0.5, 0.6) is 0 Å². The lowest BCUT2D eigenvalue weighted by molar-refractivity contribution is -0.156. The Balaban J connectivity index is 2.04. The zero-order valence-electron chi connectivity index (χ0n) is 14.5. The van der Waals surface area contributed by atoms with Crippen LogP contribution in [-0.4, -0.2) is 77.4 Å². The first-order chi connectivity index (χ1) is 11.2. The molecule has 0 radical (unpaired) electrons. The van der Waals surface area contributed by atoms with Crippen molar-refractivity contribution in [1.29, 1.82) is 0 Å². The summed E-state index contributed by atoms with van der Waals surface area (Å²) in [6.07, 6.45) is 0.668. The first-order valence-corrected chi connectivity index (χ1v) is 8.28. The molecule has 136 valence electrons. The van der Waals surface area contributed by atoms with E-state index in [9.17, 15) is 19.5 Å². The second kappa shape index (κ2) is 7.38. The van der Waals surface area contributed by atoms with E-state index in [2.05, 4.69) is 0 Å². The van der Waals surface area contributed by atoms with E-state index in [0.29, 0.717) is 26.1 Å². The Bertz CT molecular complexity index is 495. The summed E-state index contributed by atoms with van der Waals surface area (Å²) < 4.78 is 10.5. The van der Waals surface area contributed by atoms with Crippen molar-refractivity contribution in [3.05, 3.63) is 0 Å². The highest BCUT2D eigenvalue weighted by molar-refractivity contribution is 5.86. The predicted octanol–water partition coefficient (Wildman–Crippen LogP) is 0.946. The highest BCUT2D eigenvalue weighted by Gasteiger charge is 2.40. The van der Waals surface area contributed by atoms with Crippen LogP contribution in [0.3, 0.4) is 0 Å². The zero-order valence-corrected chi connectivity index (χ0v) is 14.5. The molecule has 2 aliphatic heterocycles. The van der Waals surface area contributed by atoms with E-state index in [-0.39, 0.29) is 31.5 Å². The Hall–Kier alpha value is -1.83. The van der Waals surface area contributed by atoms with Crippen LogP contribution in [0.2, 0.25) is 0 Å². The fourth-order valence-corrected chi connectivity index (χ4v) is 2.93. The van der Waals surface area contributed by atoms with Crippen LogP contribution in [0.25, 0.3) is 0 Å². The molecule has 0 bridgehead atoms. The van der Waals surface area contributed by atoms with E-state index in [1.165, 1.54) is 9.80 Å². The third kappa shape index (κ3) is 4.59. The van der Waals surface area contributed by atoms with Gasteiger partial charge >= 0.3 is 12.1 Å². The lowest BCUT2D eigenvalue weighted by Crippen LogP contribution is -2.61. The molecule has 2 heterocycles. The molecule has 1 unspecified atom stereocenters. The minimum atomic E-state index is -1.11. The molecule has 0 spiro atoms. The minimum absolute atomic E-state index is 0.0563. The minimum Gasteiger partial charge on any atom is -0.480 e. The van der Waals surface area contributed by atoms with E-state index in [1.807, 2.05) is 0 Å². The van der Waals surface area contributed by atoms with Crippen molar-refractivity contribution in [3.63, 3.8) is 0 Å². The molecule has 2 fully saturated rings. The second-order valence-electron chi connectivity index (χ2n) is 7.20. The number of hydrogen-bond acceptors (Lipinski definition) is 5. The molecule has 2 rings (SSSR count). The molecule has 1 atom stereocenters. The van der Waals surface area contributed by atoms with Crippen molar-refractivity contribution < 1.29 is 29.0 Å². The Labute approximate surface area is 141 Å². The average Bonchev–Trinajstić information content (AvgIpc) is 2.52. The van der Waals surface area contributed by atoms with Crippen LogP contribution in [0, 0.1) is 5.92 Å². The summed E-state index contributed by atoms with van der Waals surface area (Å²) in [4.78, 5) is 39.2. The SMILES string of the molecule is CC(C)(C)OC(=O)N1CCN(C(=O)C2CCOCC2)C(C(=O)O)C1. The van der Waals surface area contributed by atoms with Crippen LogP contribution >= 0.6 is 0 Å². The van der Waals surface area contributed by atoms with Gasteiger partial charge in [-0.3, -0.25) is 4.79 Å². The fraction of sp³-hybridized carbons (Fsp3) is 0.812. The summed E-state index contributed by atoms with van der Waals surface area (Å²) >= 11 is 0. The number of carboxylic acid groups (broad SMARTS) is 1. The normalized spacial score (nSPS) is 23.0. The maximum atomic E-state index is 12.6. The number of ether oxygens (including phenoxy) is 2. The third-order valence-corrected chi connectivity index (χ3v) is 4.17. The molecule has 0 aliphatic carbocycles. The van der Waals surface area contributed by atoms with E-state index < -0.39 is 23.7 Å². The van der Waals surface area contributed by atoms with Gasteiger partial charge in [0.2, 0.25) is 5.91 Å². The molecule has 8 nitrogen and oxygen atoms in total. The molecule has 24 heavy (non-hydrogen) atoms. The van der Waals surface area contributed by atoms with Crippen molar-refractivity contribution in [2.24, 2.45) is 5.92 Å². The smallest absolute Gasteiger partial charge is 0.410 e. The van der Waals surface area contributed by atoms with Gasteiger partial charge in [-0.1, -0.05) is 0 Å². The Kier molecular flexibility index (Phi) is 5.69. The fourth-order valence-electron chi connectivity index (χ4n) is 2.93. The monoisotopic (exact) mass is 342 g/mol. The number of hydrogen-bond donors (Lipinski definition) is 1. The molecule has 0 aromatic carbocycles. The number of nitrogens with zero attached hydrogens (tertiary/aromatic N) is 2. The second-order valence-corrected chi connectivity index (χ2v) is 7.20. The number of rotatable bonds is 2. The molecule has 1 N–H and O–H groups in total. The molecule has 0 aromatic heterocycles. The van der Waals surface area contributed by atoms with Gasteiger partial charge in [-0.05, 0) is 33.6 Å². The van der Waals surface area contributed by atoms with Gasteiger partial charge in [0.05, 0.1) is 6.54 Å². The van der Waals surface area contributed by atoms with Gasteiger partial charge in [-0.25, -0.2) is 9.59 Å². The zero-order chi connectivity index (χ0) is 17.9. The van der Waals surface area contributed by atoms with Crippen LogP contribution in [0.15, 0.2) is 0 Å². The average molecular weight is 342 g/mol. The molecule has 0 saturated carbocycles. The van der Waals surface area contributed by atoms with E-state index >= 15 is 0 Å². The van der Waals surface area contributed by atoms with Gasteiger partial charge < -0.3 is 24.4 Å². The Morgan fingerprint density at radius 3 is 2.29 bits per heavy atom. The lowest BCUT2D eigenvalue weighted by atomic mass is 9.97. The number of carbonyl (C=O) groups excluding carboxylic acids is 2. The molecule has 8 heteroatoms. The van der Waals surface area contributed by atoms with Crippen molar-refractivity contribution in [2.75, 3.05) is 32.8 Å². The summed E-state index contributed by atoms with van der Waals surface area (Å²) in [5.41, 5.74) is -0.648. The molecule has 2 aliphatic rings. The van der Waals surface area contributed by atoms with Gasteiger partial charge in [-0.2, -0.15) is 0 Å². The van der Waals surface area contributed by atoms with Crippen LogP contribution in [-0.2, 0) is 19.1 Å². The van der Waals surface area contributed by atoms with Gasteiger partial charge in [0.15, 0.2) is 0 Å². The summed E-state index contributed by atoms with van der Waals surface area (Å²) in [5.74, 6) is -1.47. The lowest BCUT2D eigenvalue weighted by Gasteiger charge is -2.41. The molecular formula is C16H26N2O6. The molecular weight excluding hydrogens is 316 g/mol. The Morgan fingerprint density at radius 1 is 1.12 bits per heavy atom. The van der Waals surface area contributed by atoms with Gasteiger partial charge in [0.25, 0.3) is 0 Å². The summed E-state index contributed by atoms with van der Waals surface area (Å²) in [5, 5.41) is 9.49. The maximum Gasteiger partial charge on any atom is 0.410 e. The first-order valence-electron chi connectivity index (χ1n) is 8.28. The number of amides is 2. The van der Waals surface area contributed by atoms with Crippen LogP contribution < -0.4 is 0 Å². The largest absolute Gasteiger partial charge is 0.480 e. The van der Waals surface area contributed by atoms with Gasteiger partial charge in [-0.15, -0.1) is 0 Å². The van der Waals surface area contributed by atoms with Crippen LogP contribution in [0.4, 0.5) is 4.79 Å². The molecule has 2 saturated heterocycles. The number of carbonyl (C=O) groups is 3. The topological polar surface area (TPSA) is 96.4 Å². The van der Waals surface area contributed by atoms with Gasteiger partial charge in [0, 0.05) is 32.2 Å². The summed E-state index contributed by atoms with van der Waals surface area (Å²) in [7, 11) is 0. The quantitative estimate of drug-likeness (QED) is 0.802. The third-order valence-electron chi connectivity index (χ3n) is 4.17. The van der Waals surface area contributed by atoms with E-state index in [0.717, 1.165) is 0 Å². The van der Waals surface area contributed by atoms with Crippen LogP contribution in [0.1, 0.15) is 33.6 Å². The highest BCUT2D eigenvalue weighted by Crippen LogP contribution is 2.22. The standard InChI is InChI=1S/C16H26N2O6/c1-16(2,3)24-15(22)17-6-7-18(12(10-17)14(20)21)13(19)11-4-8-23-9-5-11/h11-12H,4-10H2,1-3H3,(H,20,21). The molecule has 2 amide bonds. The number of piperazine rings is 1. The van der Waals surface area contributed by atoms with E-state index in [4.69, 9.17) is 9.47 Å². The van der Waals surface area contributed by atoms with Crippen molar-refractivity contribution in [3.8, 4) is 0 Å². The predicted molar refractivity (Wildman–Crippen MR) is 84.5 cm³/mol. The first kappa shape index (κ1) is 18.5. The maximum absolute atomic E-state index is 12.6. The summed E-state index contributed by atoms with van der Waals surface area (Å²) in [6.45, 7) is 6.72. The molecule has 0 aromatic rings. The number of carboxylic acids is 1. The van der Waals surface area contributed by atoms with E-state index in [1.54, 1.807) is 20.8 Å².